The summed E-state index contributed by atoms with van der Waals surface area (Å²) < 4.78 is 26.4. The maximum Gasteiger partial charge on any atom is 0.154 e. The molecule has 1 aromatic rings. The maximum absolute atomic E-state index is 13.6. The topological polar surface area (TPSA) is 29.1 Å². The molecule has 20 heavy (non-hydrogen) atoms. The highest BCUT2D eigenvalue weighted by Crippen LogP contribution is 2.33. The molecule has 0 aromatic heterocycles. The van der Waals surface area contributed by atoms with Gasteiger partial charge < -0.3 is 5.32 Å². The Kier molecular flexibility index (Phi) is 3.83. The number of nitrogens with one attached hydrogen (secondary N) is 1. The van der Waals surface area contributed by atoms with Gasteiger partial charge in [0.25, 0.3) is 0 Å². The van der Waals surface area contributed by atoms with Gasteiger partial charge in [-0.05, 0) is 36.8 Å². The molecule has 1 aliphatic carbocycles. The van der Waals surface area contributed by atoms with Gasteiger partial charge in [-0.3, -0.25) is 4.79 Å². The van der Waals surface area contributed by atoms with E-state index in [0.29, 0.717) is 12.0 Å². The van der Waals surface area contributed by atoms with Gasteiger partial charge in [0.05, 0.1) is 6.04 Å². The van der Waals surface area contributed by atoms with E-state index in [2.05, 4.69) is 5.32 Å². The molecule has 108 valence electrons. The zero-order chi connectivity index (χ0) is 14.1. The normalized spacial score (nSPS) is 29.2. The van der Waals surface area contributed by atoms with Crippen molar-refractivity contribution in [3.8, 4) is 0 Å². The fraction of sp³-hybridized carbons (Fsp3) is 0.562. The minimum atomic E-state index is -0.631. The summed E-state index contributed by atoms with van der Waals surface area (Å²) in [5, 5.41) is 3.40. The molecule has 1 saturated carbocycles. The Balaban J connectivity index is 1.65. The van der Waals surface area contributed by atoms with E-state index in [4.69, 9.17) is 0 Å². The predicted octanol–water partition coefficient (Wildman–Crippen LogP) is 3.00. The average Bonchev–Trinajstić information content (AvgIpc) is 2.86. The molecular formula is C16H19F2NO. The van der Waals surface area contributed by atoms with E-state index in [1.165, 1.54) is 31.4 Å². The van der Waals surface area contributed by atoms with Crippen LogP contribution in [-0.4, -0.2) is 17.9 Å². The SMILES string of the molecule is O=C(Cc1ccc(F)cc1F)C1CC2CCCCC2N1. The second-order valence-corrected chi connectivity index (χ2v) is 5.98. The number of benzene rings is 1. The minimum absolute atomic E-state index is 0.0184. The van der Waals surface area contributed by atoms with Crippen LogP contribution in [-0.2, 0) is 11.2 Å². The summed E-state index contributed by atoms with van der Waals surface area (Å²) in [6.07, 6.45) is 5.71. The van der Waals surface area contributed by atoms with Crippen molar-refractivity contribution in [2.45, 2.75) is 50.6 Å². The van der Waals surface area contributed by atoms with Crippen molar-refractivity contribution in [1.29, 1.82) is 0 Å². The fourth-order valence-electron chi connectivity index (χ4n) is 3.54. The Morgan fingerprint density at radius 1 is 1.25 bits per heavy atom. The van der Waals surface area contributed by atoms with Crippen molar-refractivity contribution < 1.29 is 13.6 Å². The smallest absolute Gasteiger partial charge is 0.154 e. The molecular weight excluding hydrogens is 260 g/mol. The third-order valence-corrected chi connectivity index (χ3v) is 4.63. The first-order valence-corrected chi connectivity index (χ1v) is 7.36. The minimum Gasteiger partial charge on any atom is -0.304 e. The second kappa shape index (κ2) is 5.60. The number of fused-ring (bicyclic) bond motifs is 1. The third-order valence-electron chi connectivity index (χ3n) is 4.63. The van der Waals surface area contributed by atoms with Gasteiger partial charge in [0, 0.05) is 18.5 Å². The Morgan fingerprint density at radius 2 is 2.05 bits per heavy atom. The zero-order valence-electron chi connectivity index (χ0n) is 11.4. The van der Waals surface area contributed by atoms with Crippen LogP contribution >= 0.6 is 0 Å². The number of Topliss-reactive ketones (excluding diaryl/α,β-unsaturated/α-hetero) is 1. The van der Waals surface area contributed by atoms with Gasteiger partial charge in [0.15, 0.2) is 5.78 Å². The Bertz CT molecular complexity index is 503. The van der Waals surface area contributed by atoms with Gasteiger partial charge in [-0.25, -0.2) is 8.78 Å². The summed E-state index contributed by atoms with van der Waals surface area (Å²) in [6, 6.07) is 3.70. The zero-order valence-corrected chi connectivity index (χ0v) is 11.4. The van der Waals surface area contributed by atoms with Gasteiger partial charge in [0.1, 0.15) is 11.6 Å². The number of halogens is 2. The largest absolute Gasteiger partial charge is 0.304 e. The first kappa shape index (κ1) is 13.7. The second-order valence-electron chi connectivity index (χ2n) is 5.98. The van der Waals surface area contributed by atoms with E-state index in [-0.39, 0.29) is 23.8 Å². The van der Waals surface area contributed by atoms with E-state index in [0.717, 1.165) is 18.9 Å². The summed E-state index contributed by atoms with van der Waals surface area (Å²) in [7, 11) is 0. The highest BCUT2D eigenvalue weighted by atomic mass is 19.1. The van der Waals surface area contributed by atoms with Crippen LogP contribution in [0, 0.1) is 17.6 Å². The van der Waals surface area contributed by atoms with Crippen molar-refractivity contribution in [3.63, 3.8) is 0 Å². The van der Waals surface area contributed by atoms with Crippen molar-refractivity contribution in [2.24, 2.45) is 5.92 Å². The standard InChI is InChI=1S/C16H19F2NO/c17-12-6-5-10(13(18)9-12)8-16(20)15-7-11-3-1-2-4-14(11)19-15/h5-6,9,11,14-15,19H,1-4,7-8H2. The highest BCUT2D eigenvalue weighted by molar-refractivity contribution is 5.86. The summed E-state index contributed by atoms with van der Waals surface area (Å²) in [6.45, 7) is 0. The molecule has 0 amide bonds. The highest BCUT2D eigenvalue weighted by Gasteiger charge is 2.37. The third kappa shape index (κ3) is 2.75. The lowest BCUT2D eigenvalue weighted by Gasteiger charge is -2.24. The number of ketones is 1. The monoisotopic (exact) mass is 279 g/mol. The van der Waals surface area contributed by atoms with E-state index in [1.54, 1.807) is 0 Å². The Labute approximate surface area is 117 Å². The van der Waals surface area contributed by atoms with Crippen molar-refractivity contribution in [1.82, 2.24) is 5.32 Å². The Morgan fingerprint density at radius 3 is 2.80 bits per heavy atom. The first-order valence-electron chi connectivity index (χ1n) is 7.36. The average molecular weight is 279 g/mol. The van der Waals surface area contributed by atoms with Crippen molar-refractivity contribution in [3.05, 3.63) is 35.4 Å². The Hall–Kier alpha value is -1.29. The van der Waals surface area contributed by atoms with Gasteiger partial charge in [-0.15, -0.1) is 0 Å². The molecule has 3 unspecified atom stereocenters. The van der Waals surface area contributed by atoms with Crippen LogP contribution in [0.5, 0.6) is 0 Å². The van der Waals surface area contributed by atoms with Gasteiger partial charge in [-0.2, -0.15) is 0 Å². The van der Waals surface area contributed by atoms with Gasteiger partial charge in [-0.1, -0.05) is 18.9 Å². The number of hydrogen-bond acceptors (Lipinski definition) is 2. The van der Waals surface area contributed by atoms with Crippen LogP contribution in [0.4, 0.5) is 8.78 Å². The van der Waals surface area contributed by atoms with E-state index in [9.17, 15) is 13.6 Å². The molecule has 1 N–H and O–H groups in total. The molecule has 0 spiro atoms. The maximum atomic E-state index is 13.6. The molecule has 3 rings (SSSR count). The number of carbonyl (C=O) groups excluding carboxylic acids is 1. The van der Waals surface area contributed by atoms with Gasteiger partial charge >= 0.3 is 0 Å². The van der Waals surface area contributed by atoms with Crippen LogP contribution in [0.3, 0.4) is 0 Å². The molecule has 1 aliphatic heterocycles. The number of rotatable bonds is 3. The molecule has 1 saturated heterocycles. The van der Waals surface area contributed by atoms with Gasteiger partial charge in [0.2, 0.25) is 0 Å². The molecule has 2 nitrogen and oxygen atoms in total. The summed E-state index contributed by atoms with van der Waals surface area (Å²) in [5.41, 5.74) is 0.285. The molecule has 4 heteroatoms. The van der Waals surface area contributed by atoms with Crippen LogP contribution < -0.4 is 5.32 Å². The molecule has 0 bridgehead atoms. The van der Waals surface area contributed by atoms with Crippen LogP contribution in [0.2, 0.25) is 0 Å². The van der Waals surface area contributed by atoms with E-state index < -0.39 is 11.6 Å². The molecule has 0 radical (unpaired) electrons. The lowest BCUT2D eigenvalue weighted by molar-refractivity contribution is -0.120. The van der Waals surface area contributed by atoms with E-state index in [1.807, 2.05) is 0 Å². The van der Waals surface area contributed by atoms with Crippen LogP contribution in [0.15, 0.2) is 18.2 Å². The van der Waals surface area contributed by atoms with Crippen molar-refractivity contribution in [2.75, 3.05) is 0 Å². The lowest BCUT2D eigenvalue weighted by Crippen LogP contribution is -2.37. The molecule has 3 atom stereocenters. The predicted molar refractivity (Wildman–Crippen MR) is 72.4 cm³/mol. The van der Waals surface area contributed by atoms with Crippen molar-refractivity contribution >= 4 is 5.78 Å². The molecule has 2 aliphatic rings. The molecule has 2 fully saturated rings. The fourth-order valence-corrected chi connectivity index (χ4v) is 3.54. The first-order chi connectivity index (χ1) is 9.63. The summed E-state index contributed by atoms with van der Waals surface area (Å²) >= 11 is 0. The lowest BCUT2D eigenvalue weighted by atomic mass is 9.84. The summed E-state index contributed by atoms with van der Waals surface area (Å²) in [4.78, 5) is 12.3. The quantitative estimate of drug-likeness (QED) is 0.921. The molecule has 1 heterocycles. The summed E-state index contributed by atoms with van der Waals surface area (Å²) in [5.74, 6) is -0.627. The van der Waals surface area contributed by atoms with Crippen LogP contribution in [0.25, 0.3) is 0 Å². The number of carbonyl (C=O) groups is 1. The van der Waals surface area contributed by atoms with E-state index >= 15 is 0 Å². The molecule has 1 aromatic carbocycles. The number of hydrogen-bond donors (Lipinski definition) is 1. The van der Waals surface area contributed by atoms with Crippen LogP contribution in [0.1, 0.15) is 37.7 Å².